The van der Waals surface area contributed by atoms with E-state index in [1.165, 1.54) is 6.42 Å². The van der Waals surface area contributed by atoms with Crippen LogP contribution in [0.4, 0.5) is 5.82 Å². The highest BCUT2D eigenvalue weighted by Gasteiger charge is 2.47. The fourth-order valence-electron chi connectivity index (χ4n) is 2.17. The van der Waals surface area contributed by atoms with Crippen molar-refractivity contribution in [3.63, 3.8) is 0 Å². The van der Waals surface area contributed by atoms with Gasteiger partial charge >= 0.3 is 0 Å². The first-order chi connectivity index (χ1) is 7.33. The van der Waals surface area contributed by atoms with Crippen LogP contribution < -0.4 is 10.6 Å². The van der Waals surface area contributed by atoms with Crippen LogP contribution in [0.5, 0.6) is 0 Å². The lowest BCUT2D eigenvalue weighted by atomic mass is 10.2. The topological polar surface area (TPSA) is 54.0 Å². The Labute approximate surface area is 88.1 Å². The molecule has 3 rings (SSSR count). The van der Waals surface area contributed by atoms with Gasteiger partial charge in [0.1, 0.15) is 5.82 Å². The van der Waals surface area contributed by atoms with E-state index in [0.717, 1.165) is 12.3 Å². The Balaban J connectivity index is 1.61. The minimum Gasteiger partial charge on any atom is -0.309 e. The number of aromatic nitrogens is 1. The summed E-state index contributed by atoms with van der Waals surface area (Å²) in [6.45, 7) is 0. The number of carbonyl (C=O) groups is 1. The smallest absolute Gasteiger partial charge is 0.242 e. The quantitative estimate of drug-likeness (QED) is 0.746. The first-order valence-electron chi connectivity index (χ1n) is 5.31. The number of rotatable bonds is 2. The van der Waals surface area contributed by atoms with E-state index in [4.69, 9.17) is 0 Å². The van der Waals surface area contributed by atoms with Crippen molar-refractivity contribution in [3.05, 3.63) is 24.4 Å². The highest BCUT2D eigenvalue weighted by atomic mass is 16.2. The molecule has 1 aromatic rings. The van der Waals surface area contributed by atoms with Gasteiger partial charge in [0, 0.05) is 12.2 Å². The molecular weight excluding hydrogens is 190 g/mol. The van der Waals surface area contributed by atoms with Gasteiger partial charge in [-0.15, -0.1) is 0 Å². The SMILES string of the molecule is O=C(Nc1ccccn1)C1CC2CC2N1. The monoisotopic (exact) mass is 203 g/mol. The van der Waals surface area contributed by atoms with Crippen LogP contribution in [0.1, 0.15) is 12.8 Å². The molecule has 4 heteroatoms. The van der Waals surface area contributed by atoms with E-state index >= 15 is 0 Å². The minimum absolute atomic E-state index is 0.0178. The third-order valence-electron chi connectivity index (χ3n) is 3.11. The number of anilines is 1. The molecule has 1 aliphatic carbocycles. The molecule has 1 saturated heterocycles. The first kappa shape index (κ1) is 8.85. The first-order valence-corrected chi connectivity index (χ1v) is 5.31. The summed E-state index contributed by atoms with van der Waals surface area (Å²) in [4.78, 5) is 15.8. The number of carbonyl (C=O) groups excluding carboxylic acids is 1. The van der Waals surface area contributed by atoms with Crippen molar-refractivity contribution >= 4 is 11.7 Å². The summed E-state index contributed by atoms with van der Waals surface area (Å²) < 4.78 is 0. The minimum atomic E-state index is -0.0178. The van der Waals surface area contributed by atoms with Crippen molar-refractivity contribution < 1.29 is 4.79 Å². The molecule has 4 nitrogen and oxygen atoms in total. The summed E-state index contributed by atoms with van der Waals surface area (Å²) in [7, 11) is 0. The highest BCUT2D eigenvalue weighted by Crippen LogP contribution is 2.40. The molecule has 15 heavy (non-hydrogen) atoms. The standard InChI is InChI=1S/C11H13N3O/c15-11(9-6-7-5-8(7)13-9)14-10-3-1-2-4-12-10/h1-4,7-9,13H,5-6H2,(H,12,14,15). The van der Waals surface area contributed by atoms with Gasteiger partial charge in [0.15, 0.2) is 0 Å². The molecule has 1 aliphatic heterocycles. The van der Waals surface area contributed by atoms with Crippen LogP contribution in [0, 0.1) is 5.92 Å². The Hall–Kier alpha value is -1.42. The lowest BCUT2D eigenvalue weighted by molar-refractivity contribution is -0.118. The lowest BCUT2D eigenvalue weighted by Crippen LogP contribution is -2.38. The van der Waals surface area contributed by atoms with Crippen LogP contribution in [0.15, 0.2) is 24.4 Å². The van der Waals surface area contributed by atoms with Crippen molar-refractivity contribution in [3.8, 4) is 0 Å². The molecule has 0 spiro atoms. The second kappa shape index (κ2) is 3.31. The molecule has 2 aliphatic rings. The van der Waals surface area contributed by atoms with E-state index in [1.54, 1.807) is 12.3 Å². The molecule has 0 bridgehead atoms. The fourth-order valence-corrected chi connectivity index (χ4v) is 2.17. The van der Waals surface area contributed by atoms with Crippen LogP contribution in [0.25, 0.3) is 0 Å². The normalized spacial score (nSPS) is 32.1. The van der Waals surface area contributed by atoms with Crippen molar-refractivity contribution in [2.24, 2.45) is 5.92 Å². The zero-order chi connectivity index (χ0) is 10.3. The second-order valence-corrected chi connectivity index (χ2v) is 4.26. The average Bonchev–Trinajstić information content (AvgIpc) is 2.87. The van der Waals surface area contributed by atoms with Crippen LogP contribution >= 0.6 is 0 Å². The maximum absolute atomic E-state index is 11.8. The van der Waals surface area contributed by atoms with E-state index in [0.29, 0.717) is 11.9 Å². The van der Waals surface area contributed by atoms with Gasteiger partial charge in [-0.25, -0.2) is 4.98 Å². The second-order valence-electron chi connectivity index (χ2n) is 4.26. The molecule has 2 heterocycles. The number of piperidine rings is 1. The van der Waals surface area contributed by atoms with Crippen LogP contribution in [-0.4, -0.2) is 23.0 Å². The number of fused-ring (bicyclic) bond motifs is 1. The van der Waals surface area contributed by atoms with Crippen molar-refractivity contribution in [2.45, 2.75) is 24.9 Å². The molecule has 0 radical (unpaired) electrons. The van der Waals surface area contributed by atoms with E-state index in [9.17, 15) is 4.79 Å². The van der Waals surface area contributed by atoms with Gasteiger partial charge < -0.3 is 10.6 Å². The van der Waals surface area contributed by atoms with Crippen LogP contribution in [0.2, 0.25) is 0 Å². The Morgan fingerprint density at radius 1 is 1.47 bits per heavy atom. The molecule has 0 aromatic carbocycles. The zero-order valence-corrected chi connectivity index (χ0v) is 8.31. The summed E-state index contributed by atoms with van der Waals surface area (Å²) in [5.74, 6) is 1.41. The van der Waals surface area contributed by atoms with Crippen LogP contribution in [0.3, 0.4) is 0 Å². The van der Waals surface area contributed by atoms with Gasteiger partial charge in [0.2, 0.25) is 5.91 Å². The summed E-state index contributed by atoms with van der Waals surface area (Å²) in [6.07, 6.45) is 3.89. The van der Waals surface area contributed by atoms with E-state index in [-0.39, 0.29) is 11.9 Å². The Bertz CT molecular complexity index is 369. The van der Waals surface area contributed by atoms with Gasteiger partial charge in [-0.1, -0.05) is 6.07 Å². The molecule has 2 fully saturated rings. The number of pyridine rings is 1. The maximum atomic E-state index is 11.8. The number of hydrogen-bond donors (Lipinski definition) is 2. The number of nitrogens with one attached hydrogen (secondary N) is 2. The molecule has 3 unspecified atom stereocenters. The van der Waals surface area contributed by atoms with E-state index in [2.05, 4.69) is 15.6 Å². The third-order valence-corrected chi connectivity index (χ3v) is 3.11. The number of amides is 1. The molecule has 78 valence electrons. The van der Waals surface area contributed by atoms with Gasteiger partial charge in [-0.2, -0.15) is 0 Å². The lowest BCUT2D eigenvalue weighted by Gasteiger charge is -2.12. The number of hydrogen-bond acceptors (Lipinski definition) is 3. The van der Waals surface area contributed by atoms with E-state index in [1.807, 2.05) is 12.1 Å². The predicted molar refractivity (Wildman–Crippen MR) is 56.3 cm³/mol. The summed E-state index contributed by atoms with van der Waals surface area (Å²) in [5, 5.41) is 6.12. The van der Waals surface area contributed by atoms with Crippen molar-refractivity contribution in [1.29, 1.82) is 0 Å². The average molecular weight is 203 g/mol. The maximum Gasteiger partial charge on any atom is 0.242 e. The Morgan fingerprint density at radius 2 is 2.40 bits per heavy atom. The van der Waals surface area contributed by atoms with Gasteiger partial charge in [0.05, 0.1) is 6.04 Å². The summed E-state index contributed by atoms with van der Waals surface area (Å²) in [5.41, 5.74) is 0. The highest BCUT2D eigenvalue weighted by molar-refractivity contribution is 5.94. The van der Waals surface area contributed by atoms with Gasteiger partial charge in [-0.05, 0) is 30.9 Å². The zero-order valence-electron chi connectivity index (χ0n) is 8.31. The van der Waals surface area contributed by atoms with Crippen LogP contribution in [-0.2, 0) is 4.79 Å². The van der Waals surface area contributed by atoms with Gasteiger partial charge in [0.25, 0.3) is 0 Å². The largest absolute Gasteiger partial charge is 0.309 e. The summed E-state index contributed by atoms with van der Waals surface area (Å²) in [6, 6.07) is 6.08. The molecule has 1 amide bonds. The van der Waals surface area contributed by atoms with Crippen molar-refractivity contribution in [2.75, 3.05) is 5.32 Å². The fraction of sp³-hybridized carbons (Fsp3) is 0.455. The molecule has 2 N–H and O–H groups in total. The summed E-state index contributed by atoms with van der Waals surface area (Å²) >= 11 is 0. The Kier molecular flexibility index (Phi) is 1.95. The third kappa shape index (κ3) is 1.72. The van der Waals surface area contributed by atoms with Gasteiger partial charge in [-0.3, -0.25) is 4.79 Å². The molecule has 1 saturated carbocycles. The van der Waals surface area contributed by atoms with Crippen molar-refractivity contribution in [1.82, 2.24) is 10.3 Å². The Morgan fingerprint density at radius 3 is 3.07 bits per heavy atom. The van der Waals surface area contributed by atoms with E-state index < -0.39 is 0 Å². The molecular formula is C11H13N3O. The molecule has 1 aromatic heterocycles. The molecule has 3 atom stereocenters. The predicted octanol–water partition coefficient (Wildman–Crippen LogP) is 0.770. The number of nitrogens with zero attached hydrogens (tertiary/aromatic N) is 1.